The quantitative estimate of drug-likeness (QED) is 0.665. The van der Waals surface area contributed by atoms with Gasteiger partial charge < -0.3 is 4.90 Å². The van der Waals surface area contributed by atoms with E-state index in [2.05, 4.69) is 20.2 Å². The zero-order valence-corrected chi connectivity index (χ0v) is 17.0. The molecule has 3 heterocycles. The number of aryl methyl sites for hydroxylation is 3. The lowest BCUT2D eigenvalue weighted by Gasteiger charge is -2.25. The van der Waals surface area contributed by atoms with E-state index in [4.69, 9.17) is 4.63 Å². The lowest BCUT2D eigenvalue weighted by atomic mass is 10.1. The minimum atomic E-state index is -3.71. The van der Waals surface area contributed by atoms with E-state index in [0.29, 0.717) is 36.2 Å². The Bertz CT molecular complexity index is 1130. The normalized spacial score (nSPS) is 16.5. The number of rotatable bonds is 3. The molecule has 0 saturated carbocycles. The second kappa shape index (κ2) is 7.14. The number of aromatic nitrogens is 3. The monoisotopic (exact) mass is 401 g/mol. The third-order valence-electron chi connectivity index (χ3n) is 5.25. The van der Waals surface area contributed by atoms with E-state index in [1.807, 2.05) is 32.2 Å². The Morgan fingerprint density at radius 1 is 0.964 bits per heavy atom. The highest BCUT2D eigenvalue weighted by atomic mass is 32.2. The van der Waals surface area contributed by atoms with Crippen LogP contribution in [-0.2, 0) is 10.0 Å². The maximum Gasteiger partial charge on any atom is 0.245 e. The van der Waals surface area contributed by atoms with Crippen LogP contribution in [0.3, 0.4) is 0 Å². The van der Waals surface area contributed by atoms with Gasteiger partial charge in [0.2, 0.25) is 10.0 Å². The van der Waals surface area contributed by atoms with Crippen LogP contribution in [0.1, 0.15) is 23.1 Å². The smallest absolute Gasteiger partial charge is 0.245 e. The summed E-state index contributed by atoms with van der Waals surface area (Å²) in [6.07, 6.45) is 4.34. The van der Waals surface area contributed by atoms with E-state index in [9.17, 15) is 8.42 Å². The van der Waals surface area contributed by atoms with Crippen molar-refractivity contribution in [2.45, 2.75) is 32.1 Å². The van der Waals surface area contributed by atoms with Gasteiger partial charge in [-0.2, -0.15) is 4.31 Å². The Balaban J connectivity index is 1.66. The fourth-order valence-electron chi connectivity index (χ4n) is 3.89. The lowest BCUT2D eigenvalue weighted by Crippen LogP contribution is -2.35. The van der Waals surface area contributed by atoms with Gasteiger partial charge >= 0.3 is 0 Å². The number of benzene rings is 1. The van der Waals surface area contributed by atoms with Crippen LogP contribution in [0, 0.1) is 20.8 Å². The molecule has 0 amide bonds. The lowest BCUT2D eigenvalue weighted by molar-refractivity contribution is 0.314. The zero-order chi connectivity index (χ0) is 19.9. The van der Waals surface area contributed by atoms with Gasteiger partial charge in [0.25, 0.3) is 0 Å². The maximum atomic E-state index is 13.5. The summed E-state index contributed by atoms with van der Waals surface area (Å²) in [5.74, 6) is 0. The highest BCUT2D eigenvalue weighted by Gasteiger charge is 2.32. The van der Waals surface area contributed by atoms with E-state index < -0.39 is 10.0 Å². The number of hydrogen-bond acceptors (Lipinski definition) is 7. The van der Waals surface area contributed by atoms with Crippen molar-refractivity contribution < 1.29 is 13.0 Å². The average molecular weight is 401 g/mol. The van der Waals surface area contributed by atoms with Gasteiger partial charge in [-0.3, -0.25) is 4.98 Å². The molecular weight excluding hydrogens is 378 g/mol. The van der Waals surface area contributed by atoms with Gasteiger partial charge in [-0.1, -0.05) is 6.07 Å². The van der Waals surface area contributed by atoms with Gasteiger partial charge in [0.05, 0.1) is 0 Å². The molecule has 9 heteroatoms. The molecule has 0 aliphatic carbocycles. The van der Waals surface area contributed by atoms with Crippen molar-refractivity contribution in [2.24, 2.45) is 0 Å². The largest absolute Gasteiger partial charge is 0.370 e. The molecule has 148 valence electrons. The second-order valence-corrected chi connectivity index (χ2v) is 9.08. The number of nitrogens with zero attached hydrogens (tertiary/aromatic N) is 5. The van der Waals surface area contributed by atoms with Crippen molar-refractivity contribution in [2.75, 3.05) is 31.1 Å². The minimum absolute atomic E-state index is 0.197. The van der Waals surface area contributed by atoms with Crippen molar-refractivity contribution in [3.63, 3.8) is 0 Å². The molecule has 28 heavy (non-hydrogen) atoms. The Hall–Kier alpha value is -2.52. The molecule has 1 aliphatic heterocycles. The fraction of sp³-hybridized carbons (Fsp3) is 0.421. The molecule has 1 fully saturated rings. The van der Waals surface area contributed by atoms with Crippen LogP contribution in [0.15, 0.2) is 34.1 Å². The molecule has 4 rings (SSSR count). The molecule has 0 N–H and O–H groups in total. The first kappa shape index (κ1) is 18.8. The molecule has 1 saturated heterocycles. The summed E-state index contributed by atoms with van der Waals surface area (Å²) < 4.78 is 33.4. The Labute approximate surface area is 164 Å². The molecule has 0 unspecified atom stereocenters. The summed E-state index contributed by atoms with van der Waals surface area (Å²) in [4.78, 5) is 6.56. The molecule has 1 aromatic carbocycles. The van der Waals surface area contributed by atoms with Crippen molar-refractivity contribution in [3.05, 3.63) is 41.2 Å². The number of sulfonamides is 1. The van der Waals surface area contributed by atoms with Crippen LogP contribution in [-0.4, -0.2) is 54.2 Å². The van der Waals surface area contributed by atoms with Crippen LogP contribution in [0.2, 0.25) is 0 Å². The van der Waals surface area contributed by atoms with Crippen molar-refractivity contribution in [1.29, 1.82) is 0 Å². The highest BCUT2D eigenvalue weighted by Crippen LogP contribution is 2.30. The standard InChI is InChI=1S/C19H23N5O3S/c1-13-11-14(2)19(18-17(13)21-27-22-18)28(25,26)24-8-4-7-23(9-10-24)16-5-6-20-12-15(16)3/h5-6,11-12H,4,7-10H2,1-3H3. The van der Waals surface area contributed by atoms with Gasteiger partial charge in [0, 0.05) is 44.3 Å². The van der Waals surface area contributed by atoms with Gasteiger partial charge in [-0.05, 0) is 60.3 Å². The van der Waals surface area contributed by atoms with Crippen LogP contribution in [0.25, 0.3) is 11.0 Å². The van der Waals surface area contributed by atoms with Gasteiger partial charge in [-0.15, -0.1) is 0 Å². The molecule has 2 aromatic heterocycles. The van der Waals surface area contributed by atoms with E-state index in [1.54, 1.807) is 17.4 Å². The molecular formula is C19H23N5O3S. The maximum absolute atomic E-state index is 13.5. The van der Waals surface area contributed by atoms with E-state index in [-0.39, 0.29) is 4.90 Å². The summed E-state index contributed by atoms with van der Waals surface area (Å²) in [7, 11) is -3.71. The summed E-state index contributed by atoms with van der Waals surface area (Å²) in [5.41, 5.74) is 4.50. The number of fused-ring (bicyclic) bond motifs is 1. The molecule has 8 nitrogen and oxygen atoms in total. The SMILES string of the molecule is Cc1cnccc1N1CCCN(S(=O)(=O)c2c(C)cc(C)c3nonc23)CC1. The molecule has 1 aliphatic rings. The minimum Gasteiger partial charge on any atom is -0.370 e. The number of hydrogen-bond donors (Lipinski definition) is 0. The van der Waals surface area contributed by atoms with E-state index >= 15 is 0 Å². The average Bonchev–Trinajstić information content (AvgIpc) is 2.99. The molecule has 0 spiro atoms. The van der Waals surface area contributed by atoms with Gasteiger partial charge in [0.15, 0.2) is 5.52 Å². The Morgan fingerprint density at radius 2 is 1.75 bits per heavy atom. The van der Waals surface area contributed by atoms with Gasteiger partial charge in [0.1, 0.15) is 10.4 Å². The first-order valence-electron chi connectivity index (χ1n) is 9.28. The summed E-state index contributed by atoms with van der Waals surface area (Å²) in [6, 6.07) is 3.80. The van der Waals surface area contributed by atoms with Crippen LogP contribution < -0.4 is 4.90 Å². The summed E-state index contributed by atoms with van der Waals surface area (Å²) in [6.45, 7) is 7.97. The third kappa shape index (κ3) is 3.14. The fourth-order valence-corrected chi connectivity index (χ4v) is 5.69. The predicted octanol–water partition coefficient (Wildman–Crippen LogP) is 2.44. The Kier molecular flexibility index (Phi) is 4.80. The van der Waals surface area contributed by atoms with Crippen molar-refractivity contribution in [3.8, 4) is 0 Å². The predicted molar refractivity (Wildman–Crippen MR) is 106 cm³/mol. The zero-order valence-electron chi connectivity index (χ0n) is 16.2. The molecule has 0 atom stereocenters. The summed E-state index contributed by atoms with van der Waals surface area (Å²) in [5, 5.41) is 7.77. The first-order valence-corrected chi connectivity index (χ1v) is 10.7. The molecule has 0 radical (unpaired) electrons. The topological polar surface area (TPSA) is 92.4 Å². The van der Waals surface area contributed by atoms with Crippen molar-refractivity contribution >= 4 is 26.7 Å². The van der Waals surface area contributed by atoms with Crippen LogP contribution in [0.5, 0.6) is 0 Å². The van der Waals surface area contributed by atoms with Crippen molar-refractivity contribution in [1.82, 2.24) is 19.6 Å². The van der Waals surface area contributed by atoms with E-state index in [1.165, 1.54) is 0 Å². The number of pyridine rings is 1. The summed E-state index contributed by atoms with van der Waals surface area (Å²) >= 11 is 0. The van der Waals surface area contributed by atoms with Crippen LogP contribution in [0.4, 0.5) is 5.69 Å². The number of anilines is 1. The van der Waals surface area contributed by atoms with Crippen LogP contribution >= 0.6 is 0 Å². The first-order chi connectivity index (χ1) is 13.4. The second-order valence-electron chi connectivity index (χ2n) is 7.21. The van der Waals surface area contributed by atoms with E-state index in [0.717, 1.165) is 29.8 Å². The highest BCUT2D eigenvalue weighted by molar-refractivity contribution is 7.89. The molecule has 3 aromatic rings. The molecule has 0 bridgehead atoms. The Morgan fingerprint density at radius 3 is 2.54 bits per heavy atom. The van der Waals surface area contributed by atoms with Gasteiger partial charge in [-0.25, -0.2) is 13.0 Å². The third-order valence-corrected chi connectivity index (χ3v) is 7.33.